The number of rotatable bonds is 3. The number of benzene rings is 1. The first kappa shape index (κ1) is 9.62. The normalized spacial score (nSPS) is 12.1. The second-order valence-corrected chi connectivity index (χ2v) is 2.82. The summed E-state index contributed by atoms with van der Waals surface area (Å²) in [5.74, 6) is 0. The molecule has 1 aromatic rings. The average molecular weight is 201 g/mol. The van der Waals surface area contributed by atoms with Crippen LogP contribution >= 0.6 is 0 Å². The summed E-state index contributed by atoms with van der Waals surface area (Å²) in [6.07, 6.45) is 0. The van der Waals surface area contributed by atoms with Crippen LogP contribution in [0.3, 0.4) is 0 Å². The molecule has 0 saturated carbocycles. The van der Waals surface area contributed by atoms with Crippen LogP contribution in [0.4, 0.5) is 11.4 Å². The highest BCUT2D eigenvalue weighted by atomic mass is 32.2. The minimum Gasteiger partial charge on any atom is -0.755 e. The fourth-order valence-corrected chi connectivity index (χ4v) is 1.10. The first-order chi connectivity index (χ1) is 6.09. The molecule has 0 aromatic heterocycles. The van der Waals surface area contributed by atoms with Crippen LogP contribution in [0.2, 0.25) is 0 Å². The first-order valence-electron chi connectivity index (χ1n) is 3.20. The molecular formula is C6H5N2O4S-. The van der Waals surface area contributed by atoms with Crippen LogP contribution in [0.15, 0.2) is 24.3 Å². The van der Waals surface area contributed by atoms with Gasteiger partial charge >= 0.3 is 0 Å². The Morgan fingerprint density at radius 3 is 2.69 bits per heavy atom. The Labute approximate surface area is 76.1 Å². The highest BCUT2D eigenvalue weighted by molar-refractivity contribution is 7.80. The van der Waals surface area contributed by atoms with E-state index >= 15 is 0 Å². The average Bonchev–Trinajstić information content (AvgIpc) is 2.03. The first-order valence-corrected chi connectivity index (χ1v) is 4.27. The van der Waals surface area contributed by atoms with Gasteiger partial charge in [-0.3, -0.25) is 14.3 Å². The van der Waals surface area contributed by atoms with Crippen LogP contribution in [0.25, 0.3) is 0 Å². The molecule has 1 N–H and O–H groups in total. The fraction of sp³-hybridized carbons (Fsp3) is 0. The molecule has 7 heteroatoms. The zero-order chi connectivity index (χ0) is 9.84. The molecule has 0 heterocycles. The number of nitrogens with zero attached hydrogens (tertiary/aromatic N) is 1. The van der Waals surface area contributed by atoms with Gasteiger partial charge in [-0.1, -0.05) is 6.07 Å². The van der Waals surface area contributed by atoms with Crippen molar-refractivity contribution in [3.05, 3.63) is 34.4 Å². The van der Waals surface area contributed by atoms with Gasteiger partial charge in [0.05, 0.1) is 10.6 Å². The van der Waals surface area contributed by atoms with Gasteiger partial charge in [0.15, 0.2) is 0 Å². The molecular weight excluding hydrogens is 196 g/mol. The Morgan fingerprint density at radius 2 is 2.15 bits per heavy atom. The Kier molecular flexibility index (Phi) is 2.93. The standard InChI is InChI=1S/C6H6N2O4S/c9-8(10)6-3-1-2-5(4-6)7-13(11)12/h1-4,7H,(H,11,12)/p-1. The molecule has 0 aliphatic rings. The summed E-state index contributed by atoms with van der Waals surface area (Å²) in [6.45, 7) is 0. The van der Waals surface area contributed by atoms with Gasteiger partial charge in [-0.15, -0.1) is 0 Å². The van der Waals surface area contributed by atoms with E-state index in [1.807, 2.05) is 4.72 Å². The molecule has 0 spiro atoms. The van der Waals surface area contributed by atoms with Gasteiger partial charge in [0.2, 0.25) is 0 Å². The fourth-order valence-electron chi connectivity index (χ4n) is 0.779. The van der Waals surface area contributed by atoms with Gasteiger partial charge in [-0.25, -0.2) is 0 Å². The Balaban J connectivity index is 2.91. The van der Waals surface area contributed by atoms with E-state index < -0.39 is 16.2 Å². The van der Waals surface area contributed by atoms with E-state index in [0.717, 1.165) is 6.07 Å². The van der Waals surface area contributed by atoms with E-state index in [2.05, 4.69) is 0 Å². The highest BCUT2D eigenvalue weighted by Gasteiger charge is 2.04. The molecule has 0 amide bonds. The molecule has 0 saturated heterocycles. The zero-order valence-corrected chi connectivity index (χ0v) is 7.11. The lowest BCUT2D eigenvalue weighted by Gasteiger charge is -2.07. The van der Waals surface area contributed by atoms with E-state index in [0.29, 0.717) is 0 Å². The third-order valence-electron chi connectivity index (χ3n) is 1.26. The maximum Gasteiger partial charge on any atom is 0.271 e. The molecule has 1 atom stereocenters. The van der Waals surface area contributed by atoms with E-state index in [1.165, 1.54) is 18.2 Å². The van der Waals surface area contributed by atoms with Gasteiger partial charge in [-0.05, 0) is 6.07 Å². The van der Waals surface area contributed by atoms with E-state index in [-0.39, 0.29) is 11.4 Å². The van der Waals surface area contributed by atoms with Crippen molar-refractivity contribution < 1.29 is 13.7 Å². The monoisotopic (exact) mass is 201 g/mol. The lowest BCUT2D eigenvalue weighted by molar-refractivity contribution is -0.384. The number of nitrogens with one attached hydrogen (secondary N) is 1. The largest absolute Gasteiger partial charge is 0.755 e. The topological polar surface area (TPSA) is 95.3 Å². The van der Waals surface area contributed by atoms with Crippen molar-refractivity contribution in [1.82, 2.24) is 0 Å². The van der Waals surface area contributed by atoms with Crippen LogP contribution in [-0.2, 0) is 11.3 Å². The molecule has 1 unspecified atom stereocenters. The molecule has 1 rings (SSSR count). The molecule has 6 nitrogen and oxygen atoms in total. The van der Waals surface area contributed by atoms with E-state index in [1.54, 1.807) is 0 Å². The summed E-state index contributed by atoms with van der Waals surface area (Å²) in [7, 11) is 0. The van der Waals surface area contributed by atoms with Crippen LogP contribution in [0.5, 0.6) is 0 Å². The van der Waals surface area contributed by atoms with Crippen molar-refractivity contribution in [3.8, 4) is 0 Å². The summed E-state index contributed by atoms with van der Waals surface area (Å²) in [5, 5.41) is 10.3. The number of non-ortho nitro benzene ring substituents is 1. The minimum absolute atomic E-state index is 0.157. The summed E-state index contributed by atoms with van der Waals surface area (Å²) >= 11 is -2.46. The van der Waals surface area contributed by atoms with Gasteiger partial charge in [0.25, 0.3) is 5.69 Å². The van der Waals surface area contributed by atoms with Crippen LogP contribution < -0.4 is 4.72 Å². The third-order valence-corrected chi connectivity index (χ3v) is 1.66. The number of nitro benzene ring substituents is 1. The van der Waals surface area contributed by atoms with Gasteiger partial charge in [0, 0.05) is 23.4 Å². The quantitative estimate of drug-likeness (QED) is 0.444. The zero-order valence-electron chi connectivity index (χ0n) is 6.30. The summed E-state index contributed by atoms with van der Waals surface area (Å²) < 4.78 is 22.4. The van der Waals surface area contributed by atoms with Crippen LogP contribution in [0.1, 0.15) is 0 Å². The molecule has 0 bridgehead atoms. The maximum atomic E-state index is 10.3. The Hall–Kier alpha value is -1.47. The molecule has 0 aliphatic carbocycles. The lowest BCUT2D eigenvalue weighted by atomic mass is 10.3. The third kappa shape index (κ3) is 2.80. The van der Waals surface area contributed by atoms with Crippen molar-refractivity contribution in [2.45, 2.75) is 0 Å². The molecule has 0 radical (unpaired) electrons. The van der Waals surface area contributed by atoms with Crippen molar-refractivity contribution in [2.24, 2.45) is 0 Å². The van der Waals surface area contributed by atoms with Crippen molar-refractivity contribution in [2.75, 3.05) is 4.72 Å². The Morgan fingerprint density at radius 1 is 1.46 bits per heavy atom. The van der Waals surface area contributed by atoms with Gasteiger partial charge in [0.1, 0.15) is 0 Å². The molecule has 13 heavy (non-hydrogen) atoms. The maximum absolute atomic E-state index is 10.3. The van der Waals surface area contributed by atoms with Crippen molar-refractivity contribution >= 4 is 22.6 Å². The summed E-state index contributed by atoms with van der Waals surface area (Å²) in [6, 6.07) is 5.23. The number of hydrogen-bond acceptors (Lipinski definition) is 4. The summed E-state index contributed by atoms with van der Waals surface area (Å²) in [5.41, 5.74) is 0.0120. The van der Waals surface area contributed by atoms with E-state index in [9.17, 15) is 18.9 Å². The second-order valence-electron chi connectivity index (χ2n) is 2.14. The number of nitro groups is 1. The smallest absolute Gasteiger partial charge is 0.271 e. The second kappa shape index (κ2) is 3.97. The number of hydrogen-bond donors (Lipinski definition) is 1. The van der Waals surface area contributed by atoms with E-state index in [4.69, 9.17) is 0 Å². The predicted octanol–water partition coefficient (Wildman–Crippen LogP) is 0.801. The van der Waals surface area contributed by atoms with Crippen LogP contribution in [0, 0.1) is 10.1 Å². The molecule has 70 valence electrons. The SMILES string of the molecule is O=[N+]([O-])c1cccc(NS(=O)[O-])c1. The Bertz CT molecular complexity index is 354. The molecule has 0 aliphatic heterocycles. The number of anilines is 1. The van der Waals surface area contributed by atoms with Crippen LogP contribution in [-0.4, -0.2) is 13.7 Å². The van der Waals surface area contributed by atoms with Crippen molar-refractivity contribution in [1.29, 1.82) is 0 Å². The predicted molar refractivity (Wildman–Crippen MR) is 45.6 cm³/mol. The highest BCUT2D eigenvalue weighted by Crippen LogP contribution is 2.16. The van der Waals surface area contributed by atoms with Gasteiger partial charge < -0.3 is 9.27 Å². The molecule has 1 aromatic carbocycles. The molecule has 0 fully saturated rings. The van der Waals surface area contributed by atoms with Gasteiger partial charge in [-0.2, -0.15) is 0 Å². The summed E-state index contributed by atoms with van der Waals surface area (Å²) in [4.78, 5) is 9.66. The lowest BCUT2D eigenvalue weighted by Crippen LogP contribution is -2.02. The minimum atomic E-state index is -2.46. The van der Waals surface area contributed by atoms with Crippen molar-refractivity contribution in [3.63, 3.8) is 0 Å².